The van der Waals surface area contributed by atoms with Crippen molar-refractivity contribution in [3.8, 4) is 0 Å². The van der Waals surface area contributed by atoms with Crippen molar-refractivity contribution in [1.29, 1.82) is 0 Å². The Morgan fingerprint density at radius 3 is 2.05 bits per heavy atom. The van der Waals surface area contributed by atoms with Gasteiger partial charge in [-0.3, -0.25) is 13.9 Å². The van der Waals surface area contributed by atoms with E-state index in [1.54, 1.807) is 13.8 Å². The van der Waals surface area contributed by atoms with Crippen LogP contribution in [0.4, 0.5) is 14.5 Å². The van der Waals surface area contributed by atoms with Gasteiger partial charge in [-0.1, -0.05) is 54.6 Å². The standard InChI is InChI=1S/C28H31F2N3O4S/c1-20(2)31-28(35)26(17-21-9-5-4-6-10-21)32(18-22-13-15-23(29)16-14-22)27(34)19-33(38(3,36)37)25-12-8-7-11-24(25)30/h4-16,20,26H,17-19H2,1-3H3,(H,31,35)/t26-/m1/s1. The van der Waals surface area contributed by atoms with E-state index in [1.807, 2.05) is 30.3 Å². The van der Waals surface area contributed by atoms with E-state index in [0.717, 1.165) is 17.9 Å². The SMILES string of the molecule is CC(C)NC(=O)[C@@H](Cc1ccccc1)N(Cc1ccc(F)cc1)C(=O)CN(c1ccccc1F)S(C)(=O)=O. The van der Waals surface area contributed by atoms with E-state index in [9.17, 15) is 26.8 Å². The van der Waals surface area contributed by atoms with E-state index in [-0.39, 0.29) is 24.7 Å². The summed E-state index contributed by atoms with van der Waals surface area (Å²) < 4.78 is 54.1. The molecule has 0 aromatic heterocycles. The summed E-state index contributed by atoms with van der Waals surface area (Å²) in [5.41, 5.74) is 1.03. The van der Waals surface area contributed by atoms with Gasteiger partial charge in [-0.15, -0.1) is 0 Å². The number of carbonyl (C=O) groups excluding carboxylic acids is 2. The number of sulfonamides is 1. The van der Waals surface area contributed by atoms with Crippen LogP contribution in [0, 0.1) is 11.6 Å². The van der Waals surface area contributed by atoms with Crippen molar-refractivity contribution in [1.82, 2.24) is 10.2 Å². The molecular weight excluding hydrogens is 512 g/mol. The highest BCUT2D eigenvalue weighted by molar-refractivity contribution is 7.92. The predicted octanol–water partition coefficient (Wildman–Crippen LogP) is 3.90. The zero-order chi connectivity index (χ0) is 27.9. The first kappa shape index (κ1) is 28.8. The number of amides is 2. The fourth-order valence-electron chi connectivity index (χ4n) is 3.97. The molecule has 1 atom stereocenters. The van der Waals surface area contributed by atoms with Gasteiger partial charge in [-0.05, 0) is 49.2 Å². The first-order valence-electron chi connectivity index (χ1n) is 12.1. The van der Waals surface area contributed by atoms with Crippen molar-refractivity contribution >= 4 is 27.5 Å². The van der Waals surface area contributed by atoms with Crippen LogP contribution in [0.3, 0.4) is 0 Å². The molecule has 3 rings (SSSR count). The number of benzene rings is 3. The largest absolute Gasteiger partial charge is 0.352 e. The lowest BCUT2D eigenvalue weighted by atomic mass is 10.0. The molecule has 0 heterocycles. The molecule has 0 aliphatic carbocycles. The Kier molecular flexibility index (Phi) is 9.57. The highest BCUT2D eigenvalue weighted by Crippen LogP contribution is 2.23. The third-order valence-corrected chi connectivity index (χ3v) is 6.90. The zero-order valence-electron chi connectivity index (χ0n) is 21.5. The first-order valence-corrected chi connectivity index (χ1v) is 13.9. The Hall–Kier alpha value is -3.79. The molecule has 3 aromatic rings. The maximum atomic E-state index is 14.6. The summed E-state index contributed by atoms with van der Waals surface area (Å²) in [7, 11) is -4.08. The molecule has 38 heavy (non-hydrogen) atoms. The van der Waals surface area contributed by atoms with Gasteiger partial charge in [0.1, 0.15) is 24.2 Å². The third kappa shape index (κ3) is 7.85. The third-order valence-electron chi connectivity index (χ3n) is 5.77. The lowest BCUT2D eigenvalue weighted by Gasteiger charge is -2.34. The van der Waals surface area contributed by atoms with Gasteiger partial charge in [-0.25, -0.2) is 17.2 Å². The van der Waals surface area contributed by atoms with Gasteiger partial charge in [0.15, 0.2) is 0 Å². The molecule has 10 heteroatoms. The molecule has 0 unspecified atom stereocenters. The van der Waals surface area contributed by atoms with Crippen LogP contribution < -0.4 is 9.62 Å². The van der Waals surface area contributed by atoms with E-state index in [0.29, 0.717) is 9.87 Å². The molecule has 0 saturated heterocycles. The number of anilines is 1. The molecular formula is C28H31F2N3O4S. The zero-order valence-corrected chi connectivity index (χ0v) is 22.3. The number of rotatable bonds is 11. The van der Waals surface area contributed by atoms with E-state index in [1.165, 1.54) is 47.4 Å². The van der Waals surface area contributed by atoms with Crippen molar-refractivity contribution in [3.63, 3.8) is 0 Å². The van der Waals surface area contributed by atoms with Gasteiger partial charge < -0.3 is 10.2 Å². The molecule has 0 spiro atoms. The predicted molar refractivity (Wildman–Crippen MR) is 143 cm³/mol. The van der Waals surface area contributed by atoms with Crippen LogP contribution in [-0.2, 0) is 32.6 Å². The summed E-state index contributed by atoms with van der Waals surface area (Å²) in [5, 5.41) is 2.83. The number of nitrogens with one attached hydrogen (secondary N) is 1. The molecule has 202 valence electrons. The number of carbonyl (C=O) groups is 2. The van der Waals surface area contributed by atoms with Crippen LogP contribution >= 0.6 is 0 Å². The monoisotopic (exact) mass is 543 g/mol. The summed E-state index contributed by atoms with van der Waals surface area (Å²) in [4.78, 5) is 28.5. The van der Waals surface area contributed by atoms with Gasteiger partial charge in [0, 0.05) is 19.0 Å². The Morgan fingerprint density at radius 2 is 1.47 bits per heavy atom. The maximum absolute atomic E-state index is 14.6. The van der Waals surface area contributed by atoms with Crippen molar-refractivity contribution in [2.24, 2.45) is 0 Å². The maximum Gasteiger partial charge on any atom is 0.244 e. The van der Waals surface area contributed by atoms with Crippen LogP contribution in [0.25, 0.3) is 0 Å². The van der Waals surface area contributed by atoms with Gasteiger partial charge >= 0.3 is 0 Å². The average molecular weight is 544 g/mol. The number of halogens is 2. The van der Waals surface area contributed by atoms with Crippen LogP contribution in [0.2, 0.25) is 0 Å². The molecule has 0 bridgehead atoms. The minimum atomic E-state index is -4.08. The van der Waals surface area contributed by atoms with Crippen LogP contribution in [0.1, 0.15) is 25.0 Å². The second-order valence-electron chi connectivity index (χ2n) is 9.24. The van der Waals surface area contributed by atoms with Gasteiger partial charge in [0.05, 0.1) is 11.9 Å². The fraction of sp³-hybridized carbons (Fsp3) is 0.286. The minimum absolute atomic E-state index is 0.100. The summed E-state index contributed by atoms with van der Waals surface area (Å²) in [6.07, 6.45) is 1.02. The van der Waals surface area contributed by atoms with Gasteiger partial charge in [0.25, 0.3) is 0 Å². The molecule has 2 amide bonds. The van der Waals surface area contributed by atoms with Crippen molar-refractivity contribution in [2.45, 2.75) is 38.9 Å². The van der Waals surface area contributed by atoms with E-state index in [4.69, 9.17) is 0 Å². The van der Waals surface area contributed by atoms with Crippen LogP contribution in [0.5, 0.6) is 0 Å². The fourth-order valence-corrected chi connectivity index (χ4v) is 4.82. The smallest absolute Gasteiger partial charge is 0.244 e. The van der Waals surface area contributed by atoms with Gasteiger partial charge in [-0.2, -0.15) is 0 Å². The Bertz CT molecular complexity index is 1350. The summed E-state index contributed by atoms with van der Waals surface area (Å²) in [6.45, 7) is 2.73. The van der Waals surface area contributed by atoms with Crippen molar-refractivity contribution in [2.75, 3.05) is 17.1 Å². The van der Waals surface area contributed by atoms with Crippen molar-refractivity contribution in [3.05, 3.63) is 102 Å². The topological polar surface area (TPSA) is 86.8 Å². The highest BCUT2D eigenvalue weighted by Gasteiger charge is 2.33. The minimum Gasteiger partial charge on any atom is -0.352 e. The van der Waals surface area contributed by atoms with E-state index >= 15 is 0 Å². The summed E-state index contributed by atoms with van der Waals surface area (Å²) in [5.74, 6) is -2.43. The molecule has 0 fully saturated rings. The first-order chi connectivity index (χ1) is 18.0. The molecule has 0 radical (unpaired) electrons. The van der Waals surface area contributed by atoms with E-state index < -0.39 is 46.1 Å². The molecule has 0 aliphatic rings. The Morgan fingerprint density at radius 1 is 0.868 bits per heavy atom. The number of hydrogen-bond acceptors (Lipinski definition) is 4. The quantitative estimate of drug-likeness (QED) is 0.398. The number of nitrogens with zero attached hydrogens (tertiary/aromatic N) is 2. The molecule has 1 N–H and O–H groups in total. The normalized spacial score (nSPS) is 12.2. The highest BCUT2D eigenvalue weighted by atomic mass is 32.2. The second-order valence-corrected chi connectivity index (χ2v) is 11.1. The second kappa shape index (κ2) is 12.6. The molecule has 3 aromatic carbocycles. The molecule has 7 nitrogen and oxygen atoms in total. The van der Waals surface area contributed by atoms with Gasteiger partial charge in [0.2, 0.25) is 21.8 Å². The van der Waals surface area contributed by atoms with Crippen LogP contribution in [-0.4, -0.2) is 50.0 Å². The van der Waals surface area contributed by atoms with Crippen LogP contribution in [0.15, 0.2) is 78.9 Å². The summed E-state index contributed by atoms with van der Waals surface area (Å²) in [6, 6.07) is 18.5. The van der Waals surface area contributed by atoms with Crippen molar-refractivity contribution < 1.29 is 26.8 Å². The van der Waals surface area contributed by atoms with E-state index in [2.05, 4.69) is 5.32 Å². The summed E-state index contributed by atoms with van der Waals surface area (Å²) >= 11 is 0. The Labute approximate surface area is 222 Å². The lowest BCUT2D eigenvalue weighted by molar-refractivity contribution is -0.140. The lowest BCUT2D eigenvalue weighted by Crippen LogP contribution is -2.54. The number of hydrogen-bond donors (Lipinski definition) is 1. The number of para-hydroxylation sites is 1. The average Bonchev–Trinajstić information content (AvgIpc) is 2.85. The molecule has 0 aliphatic heterocycles. The molecule has 0 saturated carbocycles. The Balaban J connectivity index is 2.06.